The molecular formula is C33H28INO7. The fourth-order valence-corrected chi connectivity index (χ4v) is 7.08. The SMILES string of the molecule is COc1cc(C=C[C@H]2C3=CC[C@@H]4C(=O)N(c5ccc(I)cc5)C(=O)[C@@H]4[C@@H]3CC3=C2C(=O)C=C(C)C3=O)cc(OC)c1O. The van der Waals surface area contributed by atoms with E-state index < -0.39 is 23.7 Å². The largest absolute Gasteiger partial charge is 0.502 e. The smallest absolute Gasteiger partial charge is 0.238 e. The normalized spacial score (nSPS) is 25.3. The van der Waals surface area contributed by atoms with Gasteiger partial charge < -0.3 is 14.6 Å². The topological polar surface area (TPSA) is 110 Å². The van der Waals surface area contributed by atoms with E-state index in [1.807, 2.05) is 24.3 Å². The molecule has 1 heterocycles. The second-order valence-corrected chi connectivity index (χ2v) is 12.1. The van der Waals surface area contributed by atoms with E-state index in [1.165, 1.54) is 25.2 Å². The number of nitrogens with zero attached hydrogens (tertiary/aromatic N) is 1. The van der Waals surface area contributed by atoms with Gasteiger partial charge in [0.05, 0.1) is 31.7 Å². The number of hydrogen-bond donors (Lipinski definition) is 1. The molecule has 2 amide bonds. The summed E-state index contributed by atoms with van der Waals surface area (Å²) in [5.41, 5.74) is 3.23. The van der Waals surface area contributed by atoms with Crippen molar-refractivity contribution in [3.8, 4) is 17.2 Å². The average molecular weight is 677 g/mol. The molecule has 42 heavy (non-hydrogen) atoms. The molecule has 2 aromatic carbocycles. The number of carbonyl (C=O) groups excluding carboxylic acids is 4. The standard InChI is InChI=1S/C33H28INO7/c1-16-12-25(36)28-21(9-4-17-13-26(41-2)31(38)27(14-17)42-3)20-10-11-22-29(23(20)15-24(28)30(16)37)33(40)35(32(22)39)19-7-5-18(34)6-8-19/h4-10,12-14,21-23,29,38H,11,15H2,1-3H3/t21-,22-,23+,29-/m0/s1. The molecule has 0 spiro atoms. The van der Waals surface area contributed by atoms with Crippen molar-refractivity contribution in [2.45, 2.75) is 19.8 Å². The maximum Gasteiger partial charge on any atom is 0.238 e. The molecule has 1 aliphatic heterocycles. The predicted molar refractivity (Wildman–Crippen MR) is 164 cm³/mol. The number of fused-ring (bicyclic) bond motifs is 3. The summed E-state index contributed by atoms with van der Waals surface area (Å²) < 4.78 is 11.6. The van der Waals surface area contributed by atoms with Crippen LogP contribution in [0.3, 0.4) is 0 Å². The van der Waals surface area contributed by atoms with Crippen LogP contribution < -0.4 is 14.4 Å². The molecule has 4 atom stereocenters. The zero-order valence-corrected chi connectivity index (χ0v) is 25.4. The quantitative estimate of drug-likeness (QED) is 0.201. The van der Waals surface area contributed by atoms with Crippen molar-refractivity contribution in [2.75, 3.05) is 19.1 Å². The van der Waals surface area contributed by atoms with Gasteiger partial charge in [-0.25, -0.2) is 0 Å². The molecule has 9 heteroatoms. The Morgan fingerprint density at radius 1 is 0.976 bits per heavy atom. The number of methoxy groups -OCH3 is 2. The lowest BCUT2D eigenvalue weighted by molar-refractivity contribution is -0.123. The summed E-state index contributed by atoms with van der Waals surface area (Å²) in [7, 11) is 2.88. The first-order valence-electron chi connectivity index (χ1n) is 13.6. The predicted octanol–water partition coefficient (Wildman–Crippen LogP) is 5.19. The number of hydrogen-bond acceptors (Lipinski definition) is 7. The number of anilines is 1. The number of aromatic hydroxyl groups is 1. The summed E-state index contributed by atoms with van der Waals surface area (Å²) >= 11 is 2.17. The highest BCUT2D eigenvalue weighted by Gasteiger charge is 2.56. The summed E-state index contributed by atoms with van der Waals surface area (Å²) in [6, 6.07) is 10.5. The van der Waals surface area contributed by atoms with Crippen LogP contribution in [0, 0.1) is 27.2 Å². The number of carbonyl (C=O) groups is 4. The van der Waals surface area contributed by atoms with E-state index in [9.17, 15) is 24.3 Å². The van der Waals surface area contributed by atoms with Crippen molar-refractivity contribution in [1.82, 2.24) is 0 Å². The van der Waals surface area contributed by atoms with Gasteiger partial charge in [-0.3, -0.25) is 24.1 Å². The molecule has 214 valence electrons. The number of allylic oxidation sites excluding steroid dienone is 7. The average Bonchev–Trinajstić information content (AvgIpc) is 3.24. The van der Waals surface area contributed by atoms with Crippen LogP contribution in [0.4, 0.5) is 5.69 Å². The first-order valence-corrected chi connectivity index (χ1v) is 14.7. The molecule has 0 radical (unpaired) electrons. The zero-order chi connectivity index (χ0) is 29.9. The van der Waals surface area contributed by atoms with Gasteiger partial charge in [-0.1, -0.05) is 23.8 Å². The van der Waals surface area contributed by atoms with E-state index in [0.29, 0.717) is 34.4 Å². The second-order valence-electron chi connectivity index (χ2n) is 10.9. The van der Waals surface area contributed by atoms with Crippen molar-refractivity contribution in [3.63, 3.8) is 0 Å². The zero-order valence-electron chi connectivity index (χ0n) is 23.2. The molecule has 3 aliphatic carbocycles. The van der Waals surface area contributed by atoms with Crippen LogP contribution in [-0.2, 0) is 19.2 Å². The maximum atomic E-state index is 13.9. The van der Waals surface area contributed by atoms with Gasteiger partial charge in [0.15, 0.2) is 23.1 Å². The Hall–Kier alpha value is -3.99. The number of amides is 2. The summed E-state index contributed by atoms with van der Waals surface area (Å²) in [6.45, 7) is 1.63. The van der Waals surface area contributed by atoms with Crippen molar-refractivity contribution >= 4 is 57.7 Å². The van der Waals surface area contributed by atoms with Gasteiger partial charge >= 0.3 is 0 Å². The van der Waals surface area contributed by atoms with Crippen molar-refractivity contribution < 1.29 is 33.8 Å². The Bertz CT molecular complexity index is 1660. The van der Waals surface area contributed by atoms with Crippen molar-refractivity contribution in [3.05, 3.63) is 86.1 Å². The maximum absolute atomic E-state index is 13.9. The first-order chi connectivity index (χ1) is 20.1. The lowest BCUT2D eigenvalue weighted by Gasteiger charge is -2.41. The number of imide groups is 1. The third-order valence-corrected chi connectivity index (χ3v) is 9.40. The number of benzene rings is 2. The third kappa shape index (κ3) is 4.41. The van der Waals surface area contributed by atoms with Gasteiger partial charge in [-0.2, -0.15) is 0 Å². The Morgan fingerprint density at radius 2 is 1.64 bits per heavy atom. The number of ether oxygens (including phenoxy) is 2. The van der Waals surface area contributed by atoms with Crippen LogP contribution in [0.1, 0.15) is 25.3 Å². The van der Waals surface area contributed by atoms with Gasteiger partial charge in [0.25, 0.3) is 0 Å². The summed E-state index contributed by atoms with van der Waals surface area (Å²) in [5.74, 6) is -2.77. The molecule has 6 rings (SSSR count). The second kappa shape index (κ2) is 10.7. The van der Waals surface area contributed by atoms with Crippen molar-refractivity contribution in [2.24, 2.45) is 23.7 Å². The number of halogens is 1. The van der Waals surface area contributed by atoms with Gasteiger partial charge in [0.1, 0.15) is 0 Å². The Labute approximate surface area is 256 Å². The highest BCUT2D eigenvalue weighted by Crippen LogP contribution is 2.53. The van der Waals surface area contributed by atoms with E-state index in [0.717, 1.165) is 9.14 Å². The molecule has 2 aromatic rings. The lowest BCUT2D eigenvalue weighted by atomic mass is 9.60. The number of Topliss-reactive ketones (excluding diaryl/α,β-unsaturated/α-hetero) is 1. The molecule has 1 saturated heterocycles. The molecule has 1 N–H and O–H groups in total. The number of phenols is 1. The molecule has 4 aliphatic rings. The molecular weight excluding hydrogens is 649 g/mol. The minimum atomic E-state index is -0.635. The molecule has 1 fully saturated rings. The molecule has 0 saturated carbocycles. The van der Waals surface area contributed by atoms with Crippen molar-refractivity contribution in [1.29, 1.82) is 0 Å². The van der Waals surface area contributed by atoms with E-state index in [1.54, 1.807) is 37.3 Å². The van der Waals surface area contributed by atoms with E-state index in [2.05, 4.69) is 22.6 Å². The minimum Gasteiger partial charge on any atom is -0.502 e. The molecule has 0 bridgehead atoms. The highest BCUT2D eigenvalue weighted by atomic mass is 127. The van der Waals surface area contributed by atoms with E-state index in [-0.39, 0.29) is 47.1 Å². The van der Waals surface area contributed by atoms with E-state index >= 15 is 0 Å². The van der Waals surface area contributed by atoms with Crippen LogP contribution in [0.5, 0.6) is 17.2 Å². The van der Waals surface area contributed by atoms with Gasteiger partial charge in [-0.05, 0) is 96.3 Å². The monoisotopic (exact) mass is 677 g/mol. The van der Waals surface area contributed by atoms with Crippen LogP contribution in [0.15, 0.2) is 76.9 Å². The summed E-state index contributed by atoms with van der Waals surface area (Å²) in [4.78, 5) is 55.6. The highest BCUT2D eigenvalue weighted by molar-refractivity contribution is 14.1. The van der Waals surface area contributed by atoms with Crippen LogP contribution in [0.25, 0.3) is 6.08 Å². The van der Waals surface area contributed by atoms with Gasteiger partial charge in [0, 0.05) is 26.2 Å². The number of rotatable bonds is 5. The lowest BCUT2D eigenvalue weighted by Crippen LogP contribution is -2.40. The Balaban J connectivity index is 1.43. The molecule has 8 nitrogen and oxygen atoms in total. The summed E-state index contributed by atoms with van der Waals surface area (Å²) in [5, 5.41) is 10.3. The van der Waals surface area contributed by atoms with Crippen LogP contribution >= 0.6 is 22.6 Å². The summed E-state index contributed by atoms with van der Waals surface area (Å²) in [6.07, 6.45) is 7.59. The first kappa shape index (κ1) is 28.1. The third-order valence-electron chi connectivity index (χ3n) is 8.68. The molecule has 0 unspecified atom stereocenters. The van der Waals surface area contributed by atoms with Crippen LogP contribution in [-0.4, -0.2) is 42.7 Å². The van der Waals surface area contributed by atoms with Crippen LogP contribution in [0.2, 0.25) is 0 Å². The Morgan fingerprint density at radius 3 is 2.29 bits per heavy atom. The fourth-order valence-electron chi connectivity index (χ4n) is 6.72. The van der Waals surface area contributed by atoms with Gasteiger partial charge in [-0.15, -0.1) is 0 Å². The Kier molecular flexibility index (Phi) is 7.16. The minimum absolute atomic E-state index is 0.128. The fraction of sp³-hybridized carbons (Fsp3) is 0.273. The molecule has 0 aromatic heterocycles. The van der Waals surface area contributed by atoms with E-state index in [4.69, 9.17) is 9.47 Å². The number of phenolic OH excluding ortho intramolecular Hbond substituents is 1. The number of ketones is 2. The van der Waals surface area contributed by atoms with Gasteiger partial charge in [0.2, 0.25) is 17.6 Å².